The van der Waals surface area contributed by atoms with Gasteiger partial charge in [0, 0.05) is 48.3 Å². The van der Waals surface area contributed by atoms with Crippen molar-refractivity contribution in [2.75, 3.05) is 0 Å². The highest BCUT2D eigenvalue weighted by molar-refractivity contribution is 5.95. The number of hydrogen-bond donors (Lipinski definition) is 2. The molecule has 3 aromatic heterocycles. The molecule has 0 fully saturated rings. The van der Waals surface area contributed by atoms with Crippen molar-refractivity contribution in [3.8, 4) is 11.1 Å². The van der Waals surface area contributed by atoms with E-state index >= 15 is 0 Å². The summed E-state index contributed by atoms with van der Waals surface area (Å²) in [6.07, 6.45) is 5.47. The number of imidazole rings is 1. The number of carbonyl (C=O) groups is 1. The lowest BCUT2D eigenvalue weighted by Crippen LogP contribution is -2.25. The summed E-state index contributed by atoms with van der Waals surface area (Å²) < 4.78 is 3.58. The van der Waals surface area contributed by atoms with Crippen molar-refractivity contribution < 1.29 is 4.79 Å². The van der Waals surface area contributed by atoms with Crippen molar-refractivity contribution in [1.29, 1.82) is 5.41 Å². The molecule has 0 bridgehead atoms. The Bertz CT molecular complexity index is 1360. The van der Waals surface area contributed by atoms with E-state index in [4.69, 9.17) is 5.41 Å². The van der Waals surface area contributed by atoms with E-state index in [1.807, 2.05) is 75.1 Å². The average Bonchev–Trinajstić information content (AvgIpc) is 3.09. The number of benzene rings is 1. The molecule has 168 valence electrons. The maximum absolute atomic E-state index is 13.1. The summed E-state index contributed by atoms with van der Waals surface area (Å²) in [6.45, 7) is 6.50. The Balaban J connectivity index is 1.66. The third-order valence-electron chi connectivity index (χ3n) is 5.35. The number of hydrogen-bond acceptors (Lipinski definition) is 5. The summed E-state index contributed by atoms with van der Waals surface area (Å²) in [5, 5.41) is 11.2. The highest BCUT2D eigenvalue weighted by atomic mass is 16.1. The SMILES string of the molecule is Cc1cc(-c2cc(Cn3ccn(C)c3=N)cc(C(=O)NCc3nc(C)cc(C)n3)c2)ccn1. The Hall–Kier alpha value is -4.07. The van der Waals surface area contributed by atoms with Crippen LogP contribution in [-0.2, 0) is 20.1 Å². The van der Waals surface area contributed by atoms with Gasteiger partial charge in [0.05, 0.1) is 13.1 Å². The number of pyridine rings is 1. The Labute approximate surface area is 192 Å². The van der Waals surface area contributed by atoms with Gasteiger partial charge < -0.3 is 14.5 Å². The van der Waals surface area contributed by atoms with Gasteiger partial charge in [0.1, 0.15) is 5.82 Å². The molecule has 0 radical (unpaired) electrons. The maximum Gasteiger partial charge on any atom is 0.251 e. The van der Waals surface area contributed by atoms with Crippen molar-refractivity contribution in [3.63, 3.8) is 0 Å². The van der Waals surface area contributed by atoms with E-state index in [2.05, 4.69) is 26.3 Å². The standard InChI is InChI=1S/C25H27N7O/c1-16-10-20(5-6-27-16)21-11-19(15-32-8-7-31(4)25(32)26)12-22(13-21)24(33)28-14-23-29-17(2)9-18(3)30-23/h5-13,26H,14-15H2,1-4H3,(H,28,33). The zero-order valence-electron chi connectivity index (χ0n) is 19.3. The van der Waals surface area contributed by atoms with Crippen LogP contribution in [0.15, 0.2) is 55.0 Å². The maximum atomic E-state index is 13.1. The van der Waals surface area contributed by atoms with Crippen molar-refractivity contribution >= 4 is 5.91 Å². The average molecular weight is 442 g/mol. The lowest BCUT2D eigenvalue weighted by molar-refractivity contribution is 0.0949. The van der Waals surface area contributed by atoms with Gasteiger partial charge in [0.15, 0.2) is 0 Å². The minimum absolute atomic E-state index is 0.198. The van der Waals surface area contributed by atoms with Crippen molar-refractivity contribution in [2.45, 2.75) is 33.9 Å². The largest absolute Gasteiger partial charge is 0.345 e. The van der Waals surface area contributed by atoms with E-state index in [0.29, 0.717) is 23.6 Å². The molecule has 0 aliphatic rings. The van der Waals surface area contributed by atoms with Crippen LogP contribution in [0.3, 0.4) is 0 Å². The third-order valence-corrected chi connectivity index (χ3v) is 5.35. The van der Waals surface area contributed by atoms with Crippen LogP contribution < -0.4 is 10.9 Å². The van der Waals surface area contributed by atoms with Gasteiger partial charge >= 0.3 is 0 Å². The van der Waals surface area contributed by atoms with Crippen LogP contribution in [0.1, 0.15) is 38.8 Å². The van der Waals surface area contributed by atoms with E-state index in [0.717, 1.165) is 33.8 Å². The minimum Gasteiger partial charge on any atom is -0.345 e. The second-order valence-corrected chi connectivity index (χ2v) is 8.21. The molecule has 0 saturated carbocycles. The van der Waals surface area contributed by atoms with Crippen LogP contribution in [-0.4, -0.2) is 30.0 Å². The zero-order valence-corrected chi connectivity index (χ0v) is 19.3. The van der Waals surface area contributed by atoms with E-state index in [1.165, 1.54) is 0 Å². The summed E-state index contributed by atoms with van der Waals surface area (Å²) in [4.78, 5) is 26.2. The lowest BCUT2D eigenvalue weighted by atomic mass is 9.99. The van der Waals surface area contributed by atoms with Gasteiger partial charge in [0.2, 0.25) is 5.62 Å². The Morgan fingerprint density at radius 3 is 2.39 bits per heavy atom. The van der Waals surface area contributed by atoms with Crippen LogP contribution in [0.25, 0.3) is 11.1 Å². The molecule has 3 heterocycles. The van der Waals surface area contributed by atoms with Crippen LogP contribution in [0.2, 0.25) is 0 Å². The first-order chi connectivity index (χ1) is 15.8. The summed E-state index contributed by atoms with van der Waals surface area (Å²) in [7, 11) is 1.84. The van der Waals surface area contributed by atoms with Gasteiger partial charge in [-0.3, -0.25) is 15.2 Å². The van der Waals surface area contributed by atoms with Gasteiger partial charge in [0.25, 0.3) is 5.91 Å². The number of nitrogens with zero attached hydrogens (tertiary/aromatic N) is 5. The van der Waals surface area contributed by atoms with E-state index in [9.17, 15) is 4.79 Å². The predicted octanol–water partition coefficient (Wildman–Crippen LogP) is 3.06. The van der Waals surface area contributed by atoms with Gasteiger partial charge in [-0.2, -0.15) is 0 Å². The molecule has 4 rings (SSSR count). The highest BCUT2D eigenvalue weighted by Gasteiger charge is 2.12. The molecule has 1 aromatic carbocycles. The van der Waals surface area contributed by atoms with Gasteiger partial charge in [-0.1, -0.05) is 0 Å². The fraction of sp³-hybridized carbons (Fsp3) is 0.240. The van der Waals surface area contributed by atoms with Gasteiger partial charge in [-0.15, -0.1) is 0 Å². The number of rotatable bonds is 6. The molecule has 0 unspecified atom stereocenters. The molecule has 2 N–H and O–H groups in total. The molecule has 0 atom stereocenters. The number of nitrogens with one attached hydrogen (secondary N) is 2. The first-order valence-electron chi connectivity index (χ1n) is 10.7. The fourth-order valence-electron chi connectivity index (χ4n) is 3.79. The van der Waals surface area contributed by atoms with Crippen molar-refractivity contribution in [2.24, 2.45) is 7.05 Å². The molecular formula is C25H27N7O. The van der Waals surface area contributed by atoms with Gasteiger partial charge in [-0.05, 0) is 73.9 Å². The molecular weight excluding hydrogens is 414 g/mol. The number of aryl methyl sites for hydroxylation is 4. The molecule has 0 spiro atoms. The van der Waals surface area contributed by atoms with Gasteiger partial charge in [-0.25, -0.2) is 9.97 Å². The van der Waals surface area contributed by atoms with Crippen LogP contribution in [0.4, 0.5) is 0 Å². The molecule has 0 saturated heterocycles. The Kier molecular flexibility index (Phi) is 6.17. The minimum atomic E-state index is -0.198. The first-order valence-corrected chi connectivity index (χ1v) is 10.7. The van der Waals surface area contributed by atoms with Crippen molar-refractivity contribution in [3.05, 3.63) is 94.6 Å². The molecule has 4 aromatic rings. The van der Waals surface area contributed by atoms with Crippen LogP contribution in [0, 0.1) is 26.2 Å². The topological polar surface area (TPSA) is 101 Å². The quantitative estimate of drug-likeness (QED) is 0.480. The third kappa shape index (κ3) is 5.23. The Morgan fingerprint density at radius 1 is 0.970 bits per heavy atom. The summed E-state index contributed by atoms with van der Waals surface area (Å²) in [5.41, 5.74) is 6.42. The molecule has 8 heteroatoms. The molecule has 0 aliphatic heterocycles. The second kappa shape index (κ2) is 9.20. The summed E-state index contributed by atoms with van der Waals surface area (Å²) in [5.74, 6) is 0.386. The zero-order chi connectivity index (χ0) is 23.5. The number of amides is 1. The lowest BCUT2D eigenvalue weighted by Gasteiger charge is -2.12. The molecule has 1 amide bonds. The van der Waals surface area contributed by atoms with Crippen LogP contribution in [0.5, 0.6) is 0 Å². The highest BCUT2D eigenvalue weighted by Crippen LogP contribution is 2.23. The van der Waals surface area contributed by atoms with E-state index in [-0.39, 0.29) is 12.5 Å². The predicted molar refractivity (Wildman–Crippen MR) is 125 cm³/mol. The smallest absolute Gasteiger partial charge is 0.251 e. The normalized spacial score (nSPS) is 10.9. The summed E-state index contributed by atoms with van der Waals surface area (Å²) in [6, 6.07) is 11.6. The second-order valence-electron chi connectivity index (χ2n) is 8.21. The number of aromatic nitrogens is 5. The number of carbonyl (C=O) groups excluding carboxylic acids is 1. The Morgan fingerprint density at radius 2 is 1.73 bits per heavy atom. The van der Waals surface area contributed by atoms with E-state index in [1.54, 1.807) is 10.8 Å². The van der Waals surface area contributed by atoms with Crippen LogP contribution >= 0.6 is 0 Å². The monoisotopic (exact) mass is 441 g/mol. The fourth-order valence-corrected chi connectivity index (χ4v) is 3.79. The first kappa shape index (κ1) is 22.1. The van der Waals surface area contributed by atoms with Crippen molar-refractivity contribution in [1.82, 2.24) is 29.4 Å². The molecule has 0 aliphatic carbocycles. The summed E-state index contributed by atoms with van der Waals surface area (Å²) >= 11 is 0. The molecule has 8 nitrogen and oxygen atoms in total. The molecule has 33 heavy (non-hydrogen) atoms. The van der Waals surface area contributed by atoms with E-state index < -0.39 is 0 Å².